The Morgan fingerprint density at radius 1 is 1.18 bits per heavy atom. The predicted octanol–water partition coefficient (Wildman–Crippen LogP) is 0.192. The third-order valence-corrected chi connectivity index (χ3v) is 3.57. The first-order valence-electron chi connectivity index (χ1n) is 7.20. The second-order valence-corrected chi connectivity index (χ2v) is 5.30. The largest absolute Gasteiger partial charge is 0.509 e. The molecule has 1 aromatic rings. The van der Waals surface area contributed by atoms with Crippen molar-refractivity contribution in [2.75, 3.05) is 6.61 Å². The summed E-state index contributed by atoms with van der Waals surface area (Å²) in [7, 11) is 0. The maximum absolute atomic E-state index is 10.6. The van der Waals surface area contributed by atoms with E-state index in [0.717, 1.165) is 0 Å². The molecule has 6 heteroatoms. The van der Waals surface area contributed by atoms with E-state index >= 15 is 0 Å². The molecule has 6 N–H and O–H groups in total. The highest BCUT2D eigenvalue weighted by molar-refractivity contribution is 5.53. The molecule has 1 rings (SSSR count). The average Bonchev–Trinajstić information content (AvgIpc) is 2.53. The summed E-state index contributed by atoms with van der Waals surface area (Å²) in [5.41, 5.74) is -1.51. The summed E-state index contributed by atoms with van der Waals surface area (Å²) in [4.78, 5) is 0. The van der Waals surface area contributed by atoms with Gasteiger partial charge in [-0.3, -0.25) is 0 Å². The van der Waals surface area contributed by atoms with Crippen LogP contribution in [0.1, 0.15) is 25.3 Å². The molecule has 0 amide bonds. The van der Waals surface area contributed by atoms with Gasteiger partial charge in [0.25, 0.3) is 0 Å². The minimum Gasteiger partial charge on any atom is -0.509 e. The maximum atomic E-state index is 10.6. The van der Waals surface area contributed by atoms with E-state index in [2.05, 4.69) is 0 Å². The lowest BCUT2D eigenvalue weighted by Gasteiger charge is -2.36. The molecule has 0 radical (unpaired) electrons. The molecule has 0 bridgehead atoms. The summed E-state index contributed by atoms with van der Waals surface area (Å²) in [5, 5.41) is 59.0. The normalized spacial score (nSPS) is 19.3. The van der Waals surface area contributed by atoms with Crippen molar-refractivity contribution in [3.63, 3.8) is 0 Å². The number of hydrogen-bond acceptors (Lipinski definition) is 6. The Morgan fingerprint density at radius 3 is 2.27 bits per heavy atom. The first-order valence-corrected chi connectivity index (χ1v) is 7.20. The standard InChI is InChI=1S/C16H24O6/c1-2-8-16(22,15(21)14(20)12(18)10-17)13(19)9-11-6-4-3-5-7-11/h3-7,9,12,14-15,17-22H,2,8,10H2,1H3/t12-,14-,15+,16+/m1/s1. The fraction of sp³-hybridized carbons (Fsp3) is 0.500. The number of rotatable bonds is 8. The first kappa shape index (κ1) is 18.6. The number of benzene rings is 1. The smallest absolute Gasteiger partial charge is 0.149 e. The summed E-state index contributed by atoms with van der Waals surface area (Å²) >= 11 is 0. The Kier molecular flexibility index (Phi) is 6.99. The van der Waals surface area contributed by atoms with Gasteiger partial charge in [-0.05, 0) is 18.1 Å². The van der Waals surface area contributed by atoms with Crippen molar-refractivity contribution < 1.29 is 30.6 Å². The molecule has 0 spiro atoms. The molecule has 0 aliphatic carbocycles. The lowest BCUT2D eigenvalue weighted by molar-refractivity contribution is -0.156. The number of aliphatic hydroxyl groups excluding tert-OH is 5. The van der Waals surface area contributed by atoms with Gasteiger partial charge in [-0.25, -0.2) is 0 Å². The van der Waals surface area contributed by atoms with Crippen LogP contribution in [0.3, 0.4) is 0 Å². The highest BCUT2D eigenvalue weighted by atomic mass is 16.4. The van der Waals surface area contributed by atoms with Gasteiger partial charge < -0.3 is 30.6 Å². The highest BCUT2D eigenvalue weighted by Crippen LogP contribution is 2.29. The molecule has 0 unspecified atom stereocenters. The van der Waals surface area contributed by atoms with Gasteiger partial charge in [-0.2, -0.15) is 0 Å². The molecule has 0 heterocycles. The first-order chi connectivity index (χ1) is 10.4. The van der Waals surface area contributed by atoms with E-state index in [1.165, 1.54) is 6.08 Å². The minimum atomic E-state index is -2.12. The van der Waals surface area contributed by atoms with Gasteiger partial charge in [0.15, 0.2) is 0 Å². The van der Waals surface area contributed by atoms with Crippen LogP contribution in [-0.2, 0) is 0 Å². The monoisotopic (exact) mass is 312 g/mol. The molecule has 6 nitrogen and oxygen atoms in total. The van der Waals surface area contributed by atoms with E-state index in [-0.39, 0.29) is 6.42 Å². The summed E-state index contributed by atoms with van der Waals surface area (Å²) in [6.07, 6.45) is -3.59. The quantitative estimate of drug-likeness (QED) is 0.381. The molecule has 0 aliphatic heterocycles. The van der Waals surface area contributed by atoms with E-state index in [4.69, 9.17) is 5.11 Å². The Hall–Kier alpha value is -1.44. The van der Waals surface area contributed by atoms with Crippen LogP contribution in [0.15, 0.2) is 36.1 Å². The van der Waals surface area contributed by atoms with Crippen LogP contribution in [0.5, 0.6) is 0 Å². The van der Waals surface area contributed by atoms with Gasteiger partial charge in [-0.15, -0.1) is 0 Å². The Morgan fingerprint density at radius 2 is 1.77 bits per heavy atom. The highest BCUT2D eigenvalue weighted by Gasteiger charge is 2.44. The minimum absolute atomic E-state index is 0.0292. The molecule has 124 valence electrons. The molecule has 22 heavy (non-hydrogen) atoms. The van der Waals surface area contributed by atoms with Gasteiger partial charge in [0.1, 0.15) is 29.7 Å². The van der Waals surface area contributed by atoms with Crippen LogP contribution >= 0.6 is 0 Å². The molecular weight excluding hydrogens is 288 g/mol. The van der Waals surface area contributed by atoms with Crippen molar-refractivity contribution in [3.05, 3.63) is 41.7 Å². The van der Waals surface area contributed by atoms with Crippen molar-refractivity contribution in [1.82, 2.24) is 0 Å². The third kappa shape index (κ3) is 4.28. The van der Waals surface area contributed by atoms with Crippen LogP contribution < -0.4 is 0 Å². The molecular formula is C16H24O6. The molecule has 0 aromatic heterocycles. The van der Waals surface area contributed by atoms with E-state index in [1.54, 1.807) is 37.3 Å². The van der Waals surface area contributed by atoms with Crippen molar-refractivity contribution in [3.8, 4) is 0 Å². The Bertz CT molecular complexity index is 475. The van der Waals surface area contributed by atoms with Crippen molar-refractivity contribution in [2.24, 2.45) is 0 Å². The van der Waals surface area contributed by atoms with E-state index in [0.29, 0.717) is 12.0 Å². The fourth-order valence-corrected chi connectivity index (χ4v) is 2.24. The fourth-order valence-electron chi connectivity index (χ4n) is 2.24. The second kappa shape index (κ2) is 8.26. The maximum Gasteiger partial charge on any atom is 0.149 e. The van der Waals surface area contributed by atoms with Crippen molar-refractivity contribution >= 4 is 6.08 Å². The molecule has 0 aliphatic rings. The van der Waals surface area contributed by atoms with E-state index in [1.807, 2.05) is 0 Å². The van der Waals surface area contributed by atoms with Crippen LogP contribution in [-0.4, -0.2) is 61.2 Å². The summed E-state index contributed by atoms with van der Waals surface area (Å²) in [6.45, 7) is 0.964. The zero-order chi connectivity index (χ0) is 16.8. The molecule has 0 saturated heterocycles. The zero-order valence-electron chi connectivity index (χ0n) is 12.5. The van der Waals surface area contributed by atoms with E-state index in [9.17, 15) is 25.5 Å². The van der Waals surface area contributed by atoms with Gasteiger partial charge in [0.05, 0.1) is 6.61 Å². The lowest BCUT2D eigenvalue weighted by Crippen LogP contribution is -2.54. The number of hydrogen-bond donors (Lipinski definition) is 6. The third-order valence-electron chi connectivity index (χ3n) is 3.57. The van der Waals surface area contributed by atoms with Crippen LogP contribution in [0.4, 0.5) is 0 Å². The summed E-state index contributed by atoms with van der Waals surface area (Å²) < 4.78 is 0. The Balaban J connectivity index is 3.10. The molecule has 0 saturated carbocycles. The Labute approximate surface area is 129 Å². The van der Waals surface area contributed by atoms with Crippen molar-refractivity contribution in [2.45, 2.75) is 43.7 Å². The SMILES string of the molecule is CCC[C@](O)(C(O)=Cc1ccccc1)[C@@H](O)[C@H](O)[C@H](O)CO. The topological polar surface area (TPSA) is 121 Å². The lowest BCUT2D eigenvalue weighted by atomic mass is 9.84. The summed E-state index contributed by atoms with van der Waals surface area (Å²) in [6, 6.07) is 8.70. The summed E-state index contributed by atoms with van der Waals surface area (Å²) in [5.74, 6) is -0.516. The average molecular weight is 312 g/mol. The van der Waals surface area contributed by atoms with Gasteiger partial charge >= 0.3 is 0 Å². The van der Waals surface area contributed by atoms with Gasteiger partial charge in [-0.1, -0.05) is 43.7 Å². The van der Waals surface area contributed by atoms with Crippen LogP contribution in [0.2, 0.25) is 0 Å². The zero-order valence-corrected chi connectivity index (χ0v) is 12.5. The van der Waals surface area contributed by atoms with E-state index < -0.39 is 36.3 Å². The van der Waals surface area contributed by atoms with Crippen molar-refractivity contribution in [1.29, 1.82) is 0 Å². The molecule has 0 fully saturated rings. The van der Waals surface area contributed by atoms with Gasteiger partial charge in [0, 0.05) is 0 Å². The predicted molar refractivity (Wildman–Crippen MR) is 82.0 cm³/mol. The van der Waals surface area contributed by atoms with Crippen LogP contribution in [0, 0.1) is 0 Å². The van der Waals surface area contributed by atoms with Gasteiger partial charge in [0.2, 0.25) is 0 Å². The molecule has 4 atom stereocenters. The number of aliphatic hydroxyl groups is 6. The second-order valence-electron chi connectivity index (χ2n) is 5.30. The molecule has 1 aromatic carbocycles. The van der Waals surface area contributed by atoms with Crippen LogP contribution in [0.25, 0.3) is 6.08 Å².